The Morgan fingerprint density at radius 2 is 2.12 bits per heavy atom. The number of piperazine rings is 1. The summed E-state index contributed by atoms with van der Waals surface area (Å²) in [5, 5.41) is 18.3. The van der Waals surface area contributed by atoms with Gasteiger partial charge in [0.1, 0.15) is 23.1 Å². The smallest absolute Gasteiger partial charge is 0.263 e. The van der Waals surface area contributed by atoms with Gasteiger partial charge in [-0.1, -0.05) is 0 Å². The van der Waals surface area contributed by atoms with Gasteiger partial charge >= 0.3 is 0 Å². The minimum absolute atomic E-state index is 0.00446. The number of benzene rings is 1. The molecule has 2 rings (SSSR count). The number of ether oxygens (including phenoxy) is 2. The second-order valence-corrected chi connectivity index (χ2v) is 5.73. The Balaban J connectivity index is 1.92. The molecule has 140 valence electrons. The SMILES string of the molecule is COc1ccc(OC)c(N/C=C(/C#N)C(=O)NCCN2CCNCC2)c1. The van der Waals surface area contributed by atoms with Crippen LogP contribution in [-0.4, -0.2) is 64.3 Å². The minimum Gasteiger partial charge on any atom is -0.497 e. The average Bonchev–Trinajstić information content (AvgIpc) is 2.69. The number of nitrogens with zero attached hydrogens (tertiary/aromatic N) is 2. The number of amides is 1. The molecule has 1 saturated heterocycles. The summed E-state index contributed by atoms with van der Waals surface area (Å²) in [5.41, 5.74) is 0.600. The van der Waals surface area contributed by atoms with Crippen molar-refractivity contribution in [3.63, 3.8) is 0 Å². The first-order valence-electron chi connectivity index (χ1n) is 8.48. The number of methoxy groups -OCH3 is 2. The third-order valence-corrected chi connectivity index (χ3v) is 4.07. The summed E-state index contributed by atoms with van der Waals surface area (Å²) in [6, 6.07) is 7.16. The van der Waals surface area contributed by atoms with Crippen molar-refractivity contribution in [2.45, 2.75) is 0 Å². The Morgan fingerprint density at radius 1 is 1.35 bits per heavy atom. The van der Waals surface area contributed by atoms with Crippen molar-refractivity contribution in [2.75, 3.05) is 58.8 Å². The molecule has 0 aliphatic carbocycles. The molecule has 0 spiro atoms. The predicted octanol–water partition coefficient (Wildman–Crippen LogP) is 0.545. The zero-order valence-electron chi connectivity index (χ0n) is 15.2. The Labute approximate surface area is 153 Å². The van der Waals surface area contributed by atoms with E-state index in [4.69, 9.17) is 9.47 Å². The van der Waals surface area contributed by atoms with Gasteiger partial charge in [0.25, 0.3) is 5.91 Å². The molecular weight excluding hydrogens is 334 g/mol. The fraction of sp³-hybridized carbons (Fsp3) is 0.444. The van der Waals surface area contributed by atoms with Gasteiger partial charge < -0.3 is 25.4 Å². The van der Waals surface area contributed by atoms with E-state index < -0.39 is 5.91 Å². The van der Waals surface area contributed by atoms with E-state index in [1.807, 2.05) is 6.07 Å². The molecule has 1 heterocycles. The second kappa shape index (κ2) is 10.3. The molecule has 1 amide bonds. The lowest BCUT2D eigenvalue weighted by Gasteiger charge is -2.27. The summed E-state index contributed by atoms with van der Waals surface area (Å²) in [6.07, 6.45) is 1.37. The highest BCUT2D eigenvalue weighted by Crippen LogP contribution is 2.28. The number of rotatable bonds is 8. The number of carbonyl (C=O) groups is 1. The first kappa shape index (κ1) is 19.6. The highest BCUT2D eigenvalue weighted by Gasteiger charge is 2.12. The fourth-order valence-corrected chi connectivity index (χ4v) is 2.58. The largest absolute Gasteiger partial charge is 0.497 e. The predicted molar refractivity (Wildman–Crippen MR) is 99.2 cm³/mol. The van der Waals surface area contributed by atoms with Crippen molar-refractivity contribution >= 4 is 11.6 Å². The molecular formula is C18H25N5O3. The summed E-state index contributed by atoms with van der Waals surface area (Å²) >= 11 is 0. The maximum Gasteiger partial charge on any atom is 0.263 e. The second-order valence-electron chi connectivity index (χ2n) is 5.73. The van der Waals surface area contributed by atoms with Gasteiger partial charge in [0.2, 0.25) is 0 Å². The lowest BCUT2D eigenvalue weighted by Crippen LogP contribution is -2.46. The van der Waals surface area contributed by atoms with Crippen LogP contribution in [0.4, 0.5) is 5.69 Å². The molecule has 1 aliphatic heterocycles. The van der Waals surface area contributed by atoms with E-state index in [9.17, 15) is 10.1 Å². The quantitative estimate of drug-likeness (QED) is 0.460. The summed E-state index contributed by atoms with van der Waals surface area (Å²) < 4.78 is 10.4. The normalized spacial score (nSPS) is 15.0. The molecule has 1 aromatic carbocycles. The van der Waals surface area contributed by atoms with Crippen LogP contribution < -0.4 is 25.4 Å². The molecule has 0 aromatic heterocycles. The average molecular weight is 359 g/mol. The zero-order chi connectivity index (χ0) is 18.8. The third kappa shape index (κ3) is 5.65. The van der Waals surface area contributed by atoms with Gasteiger partial charge in [0, 0.05) is 51.5 Å². The van der Waals surface area contributed by atoms with Crippen LogP contribution in [0.1, 0.15) is 0 Å². The first-order chi connectivity index (χ1) is 12.7. The van der Waals surface area contributed by atoms with Crippen LogP contribution in [0.5, 0.6) is 11.5 Å². The first-order valence-corrected chi connectivity index (χ1v) is 8.48. The highest BCUT2D eigenvalue weighted by atomic mass is 16.5. The van der Waals surface area contributed by atoms with Crippen LogP contribution in [0.3, 0.4) is 0 Å². The highest BCUT2D eigenvalue weighted by molar-refractivity contribution is 5.97. The molecule has 0 atom stereocenters. The van der Waals surface area contributed by atoms with Crippen LogP contribution >= 0.6 is 0 Å². The number of anilines is 1. The Hall–Kier alpha value is -2.76. The monoisotopic (exact) mass is 359 g/mol. The lowest BCUT2D eigenvalue weighted by atomic mass is 10.2. The molecule has 8 nitrogen and oxygen atoms in total. The number of nitriles is 1. The topological polar surface area (TPSA) is 98.6 Å². The van der Waals surface area contributed by atoms with Crippen molar-refractivity contribution in [2.24, 2.45) is 0 Å². The van der Waals surface area contributed by atoms with Crippen molar-refractivity contribution < 1.29 is 14.3 Å². The van der Waals surface area contributed by atoms with Gasteiger partial charge in [-0.2, -0.15) is 5.26 Å². The van der Waals surface area contributed by atoms with Gasteiger partial charge in [-0.25, -0.2) is 0 Å². The van der Waals surface area contributed by atoms with Gasteiger partial charge in [-0.05, 0) is 12.1 Å². The van der Waals surface area contributed by atoms with E-state index in [-0.39, 0.29) is 5.57 Å². The molecule has 26 heavy (non-hydrogen) atoms. The van der Waals surface area contributed by atoms with E-state index in [1.165, 1.54) is 6.20 Å². The van der Waals surface area contributed by atoms with Crippen molar-refractivity contribution in [3.8, 4) is 17.6 Å². The number of nitrogens with one attached hydrogen (secondary N) is 3. The van der Waals surface area contributed by atoms with E-state index in [0.717, 1.165) is 32.7 Å². The van der Waals surface area contributed by atoms with E-state index in [0.29, 0.717) is 23.7 Å². The standard InChI is InChI=1S/C18H25N5O3/c1-25-15-3-4-17(26-2)16(11-15)22-13-14(12-19)18(24)21-7-10-23-8-5-20-6-9-23/h3-4,11,13,20,22H,5-10H2,1-2H3,(H,21,24)/b14-13-. The van der Waals surface area contributed by atoms with E-state index in [2.05, 4.69) is 20.9 Å². The maximum absolute atomic E-state index is 12.2. The van der Waals surface area contributed by atoms with Crippen molar-refractivity contribution in [3.05, 3.63) is 30.0 Å². The molecule has 1 aliphatic rings. The zero-order valence-corrected chi connectivity index (χ0v) is 15.2. The van der Waals surface area contributed by atoms with E-state index in [1.54, 1.807) is 32.4 Å². The molecule has 1 aromatic rings. The molecule has 0 saturated carbocycles. The number of hydrogen-bond acceptors (Lipinski definition) is 7. The fourth-order valence-electron chi connectivity index (χ4n) is 2.58. The van der Waals surface area contributed by atoms with Crippen molar-refractivity contribution in [1.82, 2.24) is 15.5 Å². The Bertz CT molecular complexity index is 678. The Kier molecular flexibility index (Phi) is 7.74. The summed E-state index contributed by atoms with van der Waals surface area (Å²) in [6.45, 7) is 5.12. The van der Waals surface area contributed by atoms with Crippen LogP contribution in [0.25, 0.3) is 0 Å². The molecule has 0 bridgehead atoms. The van der Waals surface area contributed by atoms with Gasteiger partial charge in [-0.15, -0.1) is 0 Å². The number of carbonyl (C=O) groups excluding carboxylic acids is 1. The van der Waals surface area contributed by atoms with Gasteiger partial charge in [-0.3, -0.25) is 9.69 Å². The van der Waals surface area contributed by atoms with Gasteiger partial charge in [0.15, 0.2) is 0 Å². The Morgan fingerprint density at radius 3 is 2.77 bits per heavy atom. The summed E-state index contributed by atoms with van der Waals surface area (Å²) in [5.74, 6) is 0.816. The molecule has 0 radical (unpaired) electrons. The van der Waals surface area contributed by atoms with Crippen LogP contribution in [-0.2, 0) is 4.79 Å². The minimum atomic E-state index is -0.406. The maximum atomic E-state index is 12.2. The van der Waals surface area contributed by atoms with Gasteiger partial charge in [0.05, 0.1) is 19.9 Å². The van der Waals surface area contributed by atoms with Crippen LogP contribution in [0.2, 0.25) is 0 Å². The van der Waals surface area contributed by atoms with Crippen LogP contribution in [0.15, 0.2) is 30.0 Å². The van der Waals surface area contributed by atoms with Crippen LogP contribution in [0, 0.1) is 11.3 Å². The molecule has 1 fully saturated rings. The van der Waals surface area contributed by atoms with Crippen molar-refractivity contribution in [1.29, 1.82) is 5.26 Å². The van der Waals surface area contributed by atoms with E-state index >= 15 is 0 Å². The molecule has 0 unspecified atom stereocenters. The molecule has 8 heteroatoms. The third-order valence-electron chi connectivity index (χ3n) is 4.07. The molecule has 3 N–H and O–H groups in total. The summed E-state index contributed by atoms with van der Waals surface area (Å²) in [4.78, 5) is 14.5. The lowest BCUT2D eigenvalue weighted by molar-refractivity contribution is -0.117. The summed E-state index contributed by atoms with van der Waals surface area (Å²) in [7, 11) is 3.11. The number of hydrogen-bond donors (Lipinski definition) is 3.